The highest BCUT2D eigenvalue weighted by Crippen LogP contribution is 2.53. The number of rotatable bonds is 23. The summed E-state index contributed by atoms with van der Waals surface area (Å²) >= 11 is 0. The zero-order valence-electron chi connectivity index (χ0n) is 39.0. The Morgan fingerprint density at radius 1 is 0.723 bits per heavy atom. The average molecular weight is 906 g/mol. The molecule has 5 rings (SSSR count). The number of carbonyl (C=O) groups excluding carboxylic acids is 3. The maximum atomic E-state index is 14.4. The number of phosphoric ester groups is 1. The standard InChI is InChI=1S/C52H64N3O9P/c1-9-28-55(33-37(2)3)46-26-22-41(31-45(46)54-51(58)53-44-24-20-38(4)21-25-44)23-27-48(56)60-36-61-49(57)32-52(7,8)50-40(6)29-39(5)30-47(50)64-65(59,62-34-42-16-12-10-13-17-42)63-35-43-18-14-11-15-19-43/h10-22,24-26,29-31,37H,9,23,27-28,32-36H2,1-8H3,(H2,53,54,58). The van der Waals surface area contributed by atoms with Gasteiger partial charge in [0, 0.05) is 36.2 Å². The first-order valence-electron chi connectivity index (χ1n) is 22.1. The maximum Gasteiger partial charge on any atom is 0.530 e. The van der Waals surface area contributed by atoms with Gasteiger partial charge in [-0.15, -0.1) is 0 Å². The molecule has 0 unspecified atom stereocenters. The molecule has 0 fully saturated rings. The van der Waals surface area contributed by atoms with Crippen LogP contribution in [0.2, 0.25) is 0 Å². The SMILES string of the molecule is CCCN(CC(C)C)c1ccc(CCC(=O)OCOC(=O)CC(C)(C)c2c(C)cc(C)cc2OP(=O)(OCc2ccccc2)OCc2ccccc2)cc1NC(=O)Nc1ccc(C)cc1. The third kappa shape index (κ3) is 15.9. The van der Waals surface area contributed by atoms with Gasteiger partial charge in [0.05, 0.1) is 31.0 Å². The molecule has 5 aromatic carbocycles. The van der Waals surface area contributed by atoms with Crippen molar-refractivity contribution >= 4 is 42.9 Å². The molecule has 65 heavy (non-hydrogen) atoms. The first kappa shape index (κ1) is 50.1. The predicted octanol–water partition coefficient (Wildman–Crippen LogP) is 12.4. The number of ether oxygens (including phenoxy) is 2. The Bertz CT molecular complexity index is 2340. The van der Waals surface area contributed by atoms with Crippen LogP contribution in [0.15, 0.2) is 115 Å². The summed E-state index contributed by atoms with van der Waals surface area (Å²) in [6.45, 7) is 16.9. The third-order valence-corrected chi connectivity index (χ3v) is 11.8. The van der Waals surface area contributed by atoms with E-state index in [-0.39, 0.29) is 37.8 Å². The summed E-state index contributed by atoms with van der Waals surface area (Å²) in [5.41, 5.74) is 7.06. The van der Waals surface area contributed by atoms with Crippen molar-refractivity contribution in [3.05, 3.63) is 154 Å². The molecule has 0 aromatic heterocycles. The Labute approximate surface area is 384 Å². The molecule has 0 heterocycles. The van der Waals surface area contributed by atoms with Crippen LogP contribution in [0.25, 0.3) is 0 Å². The summed E-state index contributed by atoms with van der Waals surface area (Å²) in [6, 6.07) is 35.3. The van der Waals surface area contributed by atoms with Gasteiger partial charge < -0.3 is 29.5 Å². The zero-order chi connectivity index (χ0) is 47.0. The highest BCUT2D eigenvalue weighted by molar-refractivity contribution is 7.48. The molecule has 0 aliphatic carbocycles. The van der Waals surface area contributed by atoms with Crippen LogP contribution in [0.3, 0.4) is 0 Å². The second-order valence-electron chi connectivity index (χ2n) is 17.4. The second-order valence-corrected chi connectivity index (χ2v) is 19.0. The van der Waals surface area contributed by atoms with E-state index in [4.69, 9.17) is 23.0 Å². The van der Waals surface area contributed by atoms with Crippen LogP contribution in [0.5, 0.6) is 5.75 Å². The van der Waals surface area contributed by atoms with Crippen molar-refractivity contribution in [3.8, 4) is 5.75 Å². The van der Waals surface area contributed by atoms with Crippen molar-refractivity contribution in [2.45, 2.75) is 99.7 Å². The van der Waals surface area contributed by atoms with Gasteiger partial charge in [-0.3, -0.25) is 18.6 Å². The van der Waals surface area contributed by atoms with E-state index >= 15 is 0 Å². The quantitative estimate of drug-likeness (QED) is 0.0369. The van der Waals surface area contributed by atoms with Gasteiger partial charge in [0.15, 0.2) is 0 Å². The maximum absolute atomic E-state index is 14.4. The highest BCUT2D eigenvalue weighted by atomic mass is 31.2. The normalized spacial score (nSPS) is 11.5. The fraction of sp³-hybridized carbons (Fsp3) is 0.365. The number of amides is 2. The lowest BCUT2D eigenvalue weighted by molar-refractivity contribution is -0.167. The zero-order valence-corrected chi connectivity index (χ0v) is 39.9. The molecule has 13 heteroatoms. The van der Waals surface area contributed by atoms with Gasteiger partial charge in [-0.1, -0.05) is 125 Å². The van der Waals surface area contributed by atoms with Gasteiger partial charge in [-0.2, -0.15) is 0 Å². The molecule has 0 saturated heterocycles. The van der Waals surface area contributed by atoms with Crippen LogP contribution in [0.1, 0.15) is 92.8 Å². The van der Waals surface area contributed by atoms with Gasteiger partial charge in [0.2, 0.25) is 6.79 Å². The Balaban J connectivity index is 1.21. The summed E-state index contributed by atoms with van der Waals surface area (Å²) in [6.07, 6.45) is 1.16. The largest absolute Gasteiger partial charge is 0.530 e. The number of esters is 2. The van der Waals surface area contributed by atoms with Crippen LogP contribution in [-0.4, -0.2) is 37.9 Å². The van der Waals surface area contributed by atoms with Crippen LogP contribution < -0.4 is 20.1 Å². The van der Waals surface area contributed by atoms with Crippen LogP contribution in [-0.2, 0) is 57.7 Å². The number of benzene rings is 5. The molecule has 0 spiro atoms. The number of hydrogen-bond donors (Lipinski definition) is 2. The summed E-state index contributed by atoms with van der Waals surface area (Å²) in [5.74, 6) is -0.505. The van der Waals surface area contributed by atoms with E-state index in [1.807, 2.05) is 144 Å². The molecule has 2 amide bonds. The third-order valence-electron chi connectivity index (χ3n) is 10.5. The molecule has 0 aliphatic heterocycles. The minimum Gasteiger partial charge on any atom is -0.428 e. The molecule has 0 aliphatic rings. The number of nitrogens with one attached hydrogen (secondary N) is 2. The lowest BCUT2D eigenvalue weighted by atomic mass is 9.78. The Hall–Kier alpha value is -5.94. The van der Waals surface area contributed by atoms with Crippen molar-refractivity contribution < 1.29 is 42.0 Å². The molecule has 0 radical (unpaired) electrons. The molecule has 0 atom stereocenters. The summed E-state index contributed by atoms with van der Waals surface area (Å²) in [5, 5.41) is 5.94. The van der Waals surface area contributed by atoms with E-state index in [0.717, 1.165) is 58.6 Å². The summed E-state index contributed by atoms with van der Waals surface area (Å²) in [7, 11) is -4.24. The van der Waals surface area contributed by atoms with Crippen LogP contribution in [0.4, 0.5) is 21.9 Å². The molecule has 12 nitrogen and oxygen atoms in total. The van der Waals surface area contributed by atoms with E-state index in [9.17, 15) is 18.9 Å². The average Bonchev–Trinajstić information content (AvgIpc) is 3.25. The number of nitrogens with zero attached hydrogens (tertiary/aromatic N) is 1. The first-order valence-corrected chi connectivity index (χ1v) is 23.6. The van der Waals surface area contributed by atoms with Crippen molar-refractivity contribution in [3.63, 3.8) is 0 Å². The van der Waals surface area contributed by atoms with E-state index < -0.39 is 32.0 Å². The van der Waals surface area contributed by atoms with Gasteiger partial charge in [0.25, 0.3) is 0 Å². The lowest BCUT2D eigenvalue weighted by Crippen LogP contribution is -2.30. The number of aryl methyl sites for hydroxylation is 4. The Kier molecular flexibility index (Phi) is 18.4. The predicted molar refractivity (Wildman–Crippen MR) is 257 cm³/mol. The Morgan fingerprint density at radius 3 is 1.94 bits per heavy atom. The smallest absolute Gasteiger partial charge is 0.428 e. The van der Waals surface area contributed by atoms with Gasteiger partial charge in [-0.05, 0) is 97.7 Å². The summed E-state index contributed by atoms with van der Waals surface area (Å²) < 4.78 is 43.3. The molecular formula is C52H64N3O9P. The first-order chi connectivity index (χ1) is 31.0. The molecule has 346 valence electrons. The van der Waals surface area contributed by atoms with E-state index in [2.05, 4.69) is 36.3 Å². The van der Waals surface area contributed by atoms with E-state index in [1.165, 1.54) is 0 Å². The van der Waals surface area contributed by atoms with Crippen molar-refractivity contribution in [2.24, 2.45) is 5.92 Å². The summed E-state index contributed by atoms with van der Waals surface area (Å²) in [4.78, 5) is 41.7. The fourth-order valence-corrected chi connectivity index (χ4v) is 8.75. The van der Waals surface area contributed by atoms with Gasteiger partial charge in [0.1, 0.15) is 5.75 Å². The van der Waals surface area contributed by atoms with Crippen LogP contribution >= 0.6 is 7.82 Å². The minimum absolute atomic E-state index is 0.0179. The van der Waals surface area contributed by atoms with E-state index in [1.54, 1.807) is 6.07 Å². The van der Waals surface area contributed by atoms with Gasteiger partial charge >= 0.3 is 25.8 Å². The minimum atomic E-state index is -4.24. The molecule has 0 saturated carbocycles. The van der Waals surface area contributed by atoms with Gasteiger partial charge in [-0.25, -0.2) is 9.36 Å². The van der Waals surface area contributed by atoms with Crippen molar-refractivity contribution in [1.29, 1.82) is 0 Å². The Morgan fingerprint density at radius 2 is 1.34 bits per heavy atom. The monoisotopic (exact) mass is 905 g/mol. The lowest BCUT2D eigenvalue weighted by Gasteiger charge is -2.30. The molecular weight excluding hydrogens is 842 g/mol. The number of carbonyl (C=O) groups is 3. The number of anilines is 3. The van der Waals surface area contributed by atoms with E-state index in [0.29, 0.717) is 29.3 Å². The molecule has 2 N–H and O–H groups in total. The second kappa shape index (κ2) is 23.8. The molecule has 0 bridgehead atoms. The number of urea groups is 1. The highest BCUT2D eigenvalue weighted by Gasteiger charge is 2.36. The number of hydrogen-bond acceptors (Lipinski definition) is 10. The van der Waals surface area contributed by atoms with Crippen LogP contribution in [0, 0.1) is 26.7 Å². The number of phosphoric acid groups is 1. The topological polar surface area (TPSA) is 142 Å². The molecule has 5 aromatic rings. The van der Waals surface area contributed by atoms with Crippen molar-refractivity contribution in [2.75, 3.05) is 35.4 Å². The van der Waals surface area contributed by atoms with Crippen molar-refractivity contribution in [1.82, 2.24) is 0 Å². The fourth-order valence-electron chi connectivity index (χ4n) is 7.57.